The molecule has 0 aliphatic carbocycles. The second-order valence-corrected chi connectivity index (χ2v) is 3.98. The van der Waals surface area contributed by atoms with Crippen molar-refractivity contribution < 1.29 is 14.2 Å². The average molecular weight is 253 g/mol. The van der Waals surface area contributed by atoms with E-state index in [9.17, 15) is 0 Å². The van der Waals surface area contributed by atoms with Gasteiger partial charge in [0.2, 0.25) is 0 Å². The molecule has 0 fully saturated rings. The number of methoxy groups -OCH3 is 2. The molecule has 0 radical (unpaired) electrons. The smallest absolute Gasteiger partial charge is 0.0733 e. The summed E-state index contributed by atoms with van der Waals surface area (Å²) in [5.74, 6) is 0. The molecular weight excluding hydrogens is 230 g/mol. The minimum absolute atomic E-state index is 0.632. The first-order valence-electron chi connectivity index (χ1n) is 6.26. The van der Waals surface area contributed by atoms with E-state index >= 15 is 0 Å². The van der Waals surface area contributed by atoms with E-state index in [1.54, 1.807) is 14.2 Å². The Bertz CT molecular complexity index is 318. The van der Waals surface area contributed by atoms with Gasteiger partial charge in [0.25, 0.3) is 0 Å². The topological polar surface area (TPSA) is 39.7 Å². The number of hydrogen-bond acceptors (Lipinski definition) is 4. The van der Waals surface area contributed by atoms with Crippen LogP contribution >= 0.6 is 0 Å². The van der Waals surface area contributed by atoms with Gasteiger partial charge in [0.05, 0.1) is 19.8 Å². The van der Waals surface area contributed by atoms with Gasteiger partial charge in [-0.15, -0.1) is 0 Å². The Hall–Kier alpha value is -1.10. The molecule has 0 unspecified atom stereocenters. The summed E-state index contributed by atoms with van der Waals surface area (Å²) in [5.41, 5.74) is 2.32. The van der Waals surface area contributed by atoms with Crippen molar-refractivity contribution in [2.45, 2.75) is 13.0 Å². The fourth-order valence-electron chi connectivity index (χ4n) is 1.62. The number of para-hydroxylation sites is 1. The minimum atomic E-state index is 0.632. The van der Waals surface area contributed by atoms with Gasteiger partial charge in [-0.1, -0.05) is 18.2 Å². The summed E-state index contributed by atoms with van der Waals surface area (Å²) in [6.45, 7) is 3.60. The molecule has 0 aliphatic rings. The molecule has 18 heavy (non-hydrogen) atoms. The molecule has 0 spiro atoms. The summed E-state index contributed by atoms with van der Waals surface area (Å²) in [6, 6.07) is 8.19. The van der Waals surface area contributed by atoms with Gasteiger partial charge in [-0.2, -0.15) is 0 Å². The first-order valence-corrected chi connectivity index (χ1v) is 6.26. The van der Waals surface area contributed by atoms with Crippen LogP contribution < -0.4 is 5.32 Å². The average Bonchev–Trinajstić information content (AvgIpc) is 2.40. The molecule has 1 aromatic rings. The van der Waals surface area contributed by atoms with Crippen LogP contribution in [0.3, 0.4) is 0 Å². The Morgan fingerprint density at radius 2 is 1.83 bits per heavy atom. The zero-order valence-electron chi connectivity index (χ0n) is 11.3. The number of nitrogens with one attached hydrogen (secondary N) is 1. The van der Waals surface area contributed by atoms with Crippen molar-refractivity contribution in [1.82, 2.24) is 0 Å². The van der Waals surface area contributed by atoms with Crippen LogP contribution in [0.1, 0.15) is 12.0 Å². The van der Waals surface area contributed by atoms with Crippen LogP contribution in [0.15, 0.2) is 24.3 Å². The summed E-state index contributed by atoms with van der Waals surface area (Å²) in [4.78, 5) is 0. The summed E-state index contributed by atoms with van der Waals surface area (Å²) in [5, 5.41) is 3.40. The van der Waals surface area contributed by atoms with E-state index in [1.165, 1.54) is 5.56 Å². The fraction of sp³-hybridized carbons (Fsp3) is 0.571. The number of benzene rings is 1. The van der Waals surface area contributed by atoms with E-state index in [4.69, 9.17) is 14.2 Å². The predicted octanol–water partition coefficient (Wildman–Crippen LogP) is 2.30. The van der Waals surface area contributed by atoms with Crippen molar-refractivity contribution in [3.8, 4) is 0 Å². The first-order chi connectivity index (χ1) is 8.88. The van der Waals surface area contributed by atoms with Crippen LogP contribution in [0.25, 0.3) is 0 Å². The molecule has 1 aromatic carbocycles. The minimum Gasteiger partial charge on any atom is -0.385 e. The van der Waals surface area contributed by atoms with Gasteiger partial charge in [-0.3, -0.25) is 0 Å². The SMILES string of the molecule is COCCOCCCNc1ccccc1COC. The summed E-state index contributed by atoms with van der Waals surface area (Å²) >= 11 is 0. The highest BCUT2D eigenvalue weighted by Crippen LogP contribution is 2.15. The van der Waals surface area contributed by atoms with Crippen molar-refractivity contribution in [3.05, 3.63) is 29.8 Å². The van der Waals surface area contributed by atoms with E-state index < -0.39 is 0 Å². The van der Waals surface area contributed by atoms with Gasteiger partial charge in [0.1, 0.15) is 0 Å². The summed E-state index contributed by atoms with van der Waals surface area (Å²) < 4.78 is 15.5. The molecule has 0 aliphatic heterocycles. The lowest BCUT2D eigenvalue weighted by Gasteiger charge is -2.11. The van der Waals surface area contributed by atoms with Crippen LogP contribution in [0.5, 0.6) is 0 Å². The van der Waals surface area contributed by atoms with Gasteiger partial charge >= 0.3 is 0 Å². The van der Waals surface area contributed by atoms with Crippen LogP contribution in [0.4, 0.5) is 5.69 Å². The summed E-state index contributed by atoms with van der Waals surface area (Å²) in [7, 11) is 3.39. The van der Waals surface area contributed by atoms with E-state index in [0.29, 0.717) is 19.8 Å². The van der Waals surface area contributed by atoms with Crippen LogP contribution in [0, 0.1) is 0 Å². The quantitative estimate of drug-likeness (QED) is 0.649. The van der Waals surface area contributed by atoms with Crippen molar-refractivity contribution >= 4 is 5.69 Å². The van der Waals surface area contributed by atoms with E-state index in [1.807, 2.05) is 12.1 Å². The van der Waals surface area contributed by atoms with Crippen molar-refractivity contribution in [2.24, 2.45) is 0 Å². The van der Waals surface area contributed by atoms with Crippen molar-refractivity contribution in [2.75, 3.05) is 45.9 Å². The molecule has 4 nitrogen and oxygen atoms in total. The molecule has 0 atom stereocenters. The van der Waals surface area contributed by atoms with E-state index in [2.05, 4.69) is 17.4 Å². The van der Waals surface area contributed by atoms with E-state index in [-0.39, 0.29) is 0 Å². The Labute approximate surface area is 109 Å². The standard InChI is InChI=1S/C14H23NO3/c1-16-10-11-18-9-5-8-15-14-7-4-3-6-13(14)12-17-2/h3-4,6-7,15H,5,8-12H2,1-2H3. The van der Waals surface area contributed by atoms with Crippen molar-refractivity contribution in [1.29, 1.82) is 0 Å². The number of ether oxygens (including phenoxy) is 3. The summed E-state index contributed by atoms with van der Waals surface area (Å²) in [6.07, 6.45) is 0.977. The lowest BCUT2D eigenvalue weighted by molar-refractivity contribution is 0.0705. The molecule has 102 valence electrons. The molecule has 0 aromatic heterocycles. The maximum absolute atomic E-state index is 5.40. The highest BCUT2D eigenvalue weighted by Gasteiger charge is 1.99. The van der Waals surface area contributed by atoms with Crippen LogP contribution in [-0.2, 0) is 20.8 Å². The first kappa shape index (κ1) is 15.0. The highest BCUT2D eigenvalue weighted by molar-refractivity contribution is 5.50. The zero-order valence-corrected chi connectivity index (χ0v) is 11.3. The molecule has 0 heterocycles. The van der Waals surface area contributed by atoms with Crippen LogP contribution in [0.2, 0.25) is 0 Å². The normalized spacial score (nSPS) is 10.6. The second-order valence-electron chi connectivity index (χ2n) is 3.98. The Morgan fingerprint density at radius 1 is 1.00 bits per heavy atom. The molecular formula is C14H23NO3. The Morgan fingerprint density at radius 3 is 2.61 bits per heavy atom. The molecule has 1 rings (SSSR count). The molecule has 0 bridgehead atoms. The molecule has 0 amide bonds. The Kier molecular flexibility index (Phi) is 8.21. The van der Waals surface area contributed by atoms with Gasteiger partial charge in [-0.05, 0) is 12.5 Å². The monoisotopic (exact) mass is 253 g/mol. The van der Waals surface area contributed by atoms with Gasteiger partial charge in [-0.25, -0.2) is 0 Å². The van der Waals surface area contributed by atoms with Gasteiger partial charge < -0.3 is 19.5 Å². The van der Waals surface area contributed by atoms with Crippen molar-refractivity contribution in [3.63, 3.8) is 0 Å². The molecule has 0 saturated heterocycles. The van der Waals surface area contributed by atoms with E-state index in [0.717, 1.165) is 25.3 Å². The Balaban J connectivity index is 2.18. The number of anilines is 1. The molecule has 0 saturated carbocycles. The van der Waals surface area contributed by atoms with Crippen LogP contribution in [-0.4, -0.2) is 40.6 Å². The largest absolute Gasteiger partial charge is 0.385 e. The number of rotatable bonds is 10. The zero-order chi connectivity index (χ0) is 13.1. The third-order valence-electron chi connectivity index (χ3n) is 2.53. The third kappa shape index (κ3) is 6.00. The predicted molar refractivity (Wildman–Crippen MR) is 73.0 cm³/mol. The maximum Gasteiger partial charge on any atom is 0.0733 e. The fourth-order valence-corrected chi connectivity index (χ4v) is 1.62. The highest BCUT2D eigenvalue weighted by atomic mass is 16.5. The maximum atomic E-state index is 5.40. The lowest BCUT2D eigenvalue weighted by Crippen LogP contribution is -2.09. The second kappa shape index (κ2) is 9.88. The van der Waals surface area contributed by atoms with Gasteiger partial charge in [0.15, 0.2) is 0 Å². The molecule has 4 heteroatoms. The molecule has 1 N–H and O–H groups in total. The third-order valence-corrected chi connectivity index (χ3v) is 2.53. The lowest BCUT2D eigenvalue weighted by atomic mass is 10.2. The number of hydrogen-bond donors (Lipinski definition) is 1. The van der Waals surface area contributed by atoms with Gasteiger partial charge in [0, 0.05) is 38.6 Å².